The van der Waals surface area contributed by atoms with Crippen molar-refractivity contribution in [2.75, 3.05) is 6.54 Å². The minimum atomic E-state index is -4.72. The summed E-state index contributed by atoms with van der Waals surface area (Å²) in [5, 5.41) is 24.8. The molecule has 0 aliphatic heterocycles. The fourth-order valence-corrected chi connectivity index (χ4v) is 11.6. The van der Waals surface area contributed by atoms with E-state index in [1.807, 2.05) is 11.6 Å². The lowest BCUT2D eigenvalue weighted by Crippen LogP contribution is -2.65. The van der Waals surface area contributed by atoms with Gasteiger partial charge in [-0.15, -0.1) is 0 Å². The van der Waals surface area contributed by atoms with Gasteiger partial charge in [0.25, 0.3) is 10.0 Å². The Labute approximate surface area is 264 Å². The van der Waals surface area contributed by atoms with Gasteiger partial charge in [-0.3, -0.25) is 0 Å². The third-order valence-electron chi connectivity index (χ3n) is 12.7. The molecule has 254 valence electrons. The molecule has 4 N–H and O–H groups in total. The molecular formula is C33H48F4N2O5S. The van der Waals surface area contributed by atoms with Gasteiger partial charge in [-0.2, -0.15) is 13.2 Å². The summed E-state index contributed by atoms with van der Waals surface area (Å²) in [6.45, 7) is 8.84. The number of carbonyl (C=O) groups is 1. The van der Waals surface area contributed by atoms with Gasteiger partial charge in [0.05, 0.1) is 22.7 Å². The van der Waals surface area contributed by atoms with E-state index < -0.39 is 51.1 Å². The summed E-state index contributed by atoms with van der Waals surface area (Å²) >= 11 is 0. The lowest BCUT2D eigenvalue weighted by molar-refractivity contribution is -0.222. The lowest BCUT2D eigenvalue weighted by Gasteiger charge is -2.65. The summed E-state index contributed by atoms with van der Waals surface area (Å²) in [5.41, 5.74) is -1.43. The molecule has 7 nitrogen and oxygen atoms in total. The second-order valence-corrected chi connectivity index (χ2v) is 16.5. The van der Waals surface area contributed by atoms with Crippen LogP contribution in [0, 0.1) is 52.3 Å². The van der Waals surface area contributed by atoms with E-state index >= 15 is 4.39 Å². The van der Waals surface area contributed by atoms with Crippen LogP contribution in [0.1, 0.15) is 84.6 Å². The molecule has 4 aliphatic carbocycles. The molecule has 12 atom stereocenters. The topological polar surface area (TPSA) is 116 Å². The van der Waals surface area contributed by atoms with Crippen LogP contribution in [0.25, 0.3) is 0 Å². The van der Waals surface area contributed by atoms with Gasteiger partial charge in [0.15, 0.2) is 0 Å². The first-order chi connectivity index (χ1) is 21.0. The van der Waals surface area contributed by atoms with E-state index in [4.69, 9.17) is 0 Å². The molecule has 4 aliphatic rings. The maximum Gasteiger partial charge on any atom is 0.416 e. The number of nitrogens with one attached hydrogen (secondary N) is 2. The number of rotatable bonds is 7. The molecule has 5 rings (SSSR count). The number of halogens is 4. The number of hydrogen-bond donors (Lipinski definition) is 4. The molecule has 4 fully saturated rings. The highest BCUT2D eigenvalue weighted by Crippen LogP contribution is 2.69. The molecule has 1 aromatic carbocycles. The smallest absolute Gasteiger partial charge is 0.393 e. The van der Waals surface area contributed by atoms with Crippen LogP contribution in [0.5, 0.6) is 0 Å². The molecule has 0 heterocycles. The Kier molecular flexibility index (Phi) is 9.38. The Hall–Kier alpha value is -1.92. The van der Waals surface area contributed by atoms with Crippen LogP contribution in [0.2, 0.25) is 0 Å². The van der Waals surface area contributed by atoms with Crippen molar-refractivity contribution in [3.8, 4) is 0 Å². The van der Waals surface area contributed by atoms with Crippen LogP contribution in [0.3, 0.4) is 0 Å². The maximum atomic E-state index is 15.6. The number of fused-ring (bicyclic) bond motifs is 5. The Bertz CT molecular complexity index is 1360. The maximum absolute atomic E-state index is 15.6. The van der Waals surface area contributed by atoms with Crippen LogP contribution < -0.4 is 10.0 Å². The first-order valence-corrected chi connectivity index (χ1v) is 17.9. The van der Waals surface area contributed by atoms with Gasteiger partial charge in [0.1, 0.15) is 6.17 Å². The number of sulfonamides is 1. The highest BCUT2D eigenvalue weighted by molar-refractivity contribution is 7.90. The van der Waals surface area contributed by atoms with Crippen molar-refractivity contribution < 1.29 is 41.0 Å². The number of urea groups is 1. The van der Waals surface area contributed by atoms with Crippen molar-refractivity contribution in [2.24, 2.45) is 52.3 Å². The summed E-state index contributed by atoms with van der Waals surface area (Å²) in [4.78, 5) is 11.8. The number of amides is 2. The first-order valence-electron chi connectivity index (χ1n) is 16.4. The second-order valence-electron chi connectivity index (χ2n) is 14.8. The summed E-state index contributed by atoms with van der Waals surface area (Å²) in [6.07, 6.45) is -1.37. The highest BCUT2D eigenvalue weighted by atomic mass is 32.2. The van der Waals surface area contributed by atoms with Crippen molar-refractivity contribution in [3.05, 3.63) is 29.8 Å². The monoisotopic (exact) mass is 660 g/mol. The molecule has 1 aromatic rings. The fourth-order valence-electron chi connectivity index (χ4n) is 10.6. The molecule has 12 heteroatoms. The Morgan fingerprint density at radius 3 is 2.40 bits per heavy atom. The molecule has 4 unspecified atom stereocenters. The number of alkyl halides is 4. The minimum absolute atomic E-state index is 0.0402. The van der Waals surface area contributed by atoms with E-state index in [1.54, 1.807) is 0 Å². The predicted octanol–water partition coefficient (Wildman–Crippen LogP) is 6.29. The van der Waals surface area contributed by atoms with Crippen molar-refractivity contribution in [3.63, 3.8) is 0 Å². The van der Waals surface area contributed by atoms with Crippen molar-refractivity contribution in [2.45, 2.75) is 109 Å². The van der Waals surface area contributed by atoms with Crippen LogP contribution in [-0.2, 0) is 16.2 Å². The molecule has 0 bridgehead atoms. The number of benzene rings is 1. The van der Waals surface area contributed by atoms with E-state index in [0.717, 1.165) is 50.3 Å². The summed E-state index contributed by atoms with van der Waals surface area (Å²) in [6, 6.07) is 2.22. The van der Waals surface area contributed by atoms with E-state index in [-0.39, 0.29) is 52.9 Å². The van der Waals surface area contributed by atoms with E-state index in [0.29, 0.717) is 31.2 Å². The van der Waals surface area contributed by atoms with Gasteiger partial charge >= 0.3 is 12.2 Å². The normalized spacial score (nSPS) is 40.5. The zero-order valence-corrected chi connectivity index (χ0v) is 27.3. The Balaban J connectivity index is 1.22. The average molecular weight is 661 g/mol. The molecule has 2 amide bonds. The van der Waals surface area contributed by atoms with Gasteiger partial charge in [-0.25, -0.2) is 22.3 Å². The van der Waals surface area contributed by atoms with Gasteiger partial charge < -0.3 is 15.5 Å². The fraction of sp³-hybridized carbons (Fsp3) is 0.788. The predicted molar refractivity (Wildman–Crippen MR) is 161 cm³/mol. The van der Waals surface area contributed by atoms with Crippen LogP contribution in [0.4, 0.5) is 22.4 Å². The summed E-state index contributed by atoms with van der Waals surface area (Å²) in [5.74, 6) is 0.504. The van der Waals surface area contributed by atoms with E-state index in [2.05, 4.69) is 26.1 Å². The molecule has 0 saturated heterocycles. The van der Waals surface area contributed by atoms with Crippen molar-refractivity contribution >= 4 is 16.1 Å². The van der Waals surface area contributed by atoms with Crippen LogP contribution in [-0.4, -0.2) is 49.6 Å². The number of aliphatic hydroxyl groups excluding tert-OH is 2. The Morgan fingerprint density at radius 2 is 1.73 bits per heavy atom. The zero-order valence-electron chi connectivity index (χ0n) is 26.5. The third-order valence-corrected chi connectivity index (χ3v) is 14.1. The minimum Gasteiger partial charge on any atom is -0.393 e. The van der Waals surface area contributed by atoms with E-state index in [1.165, 1.54) is 0 Å². The molecule has 0 radical (unpaired) electrons. The summed E-state index contributed by atoms with van der Waals surface area (Å²) < 4.78 is 81.6. The number of hydrogen-bond acceptors (Lipinski definition) is 5. The summed E-state index contributed by atoms with van der Waals surface area (Å²) in [7, 11) is -4.50. The lowest BCUT2D eigenvalue weighted by atomic mass is 9.41. The largest absolute Gasteiger partial charge is 0.416 e. The molecule has 0 spiro atoms. The zero-order chi connectivity index (χ0) is 33.1. The quantitative estimate of drug-likeness (QED) is 0.257. The highest BCUT2D eigenvalue weighted by Gasteiger charge is 2.66. The van der Waals surface area contributed by atoms with Gasteiger partial charge in [0.2, 0.25) is 0 Å². The van der Waals surface area contributed by atoms with Gasteiger partial charge in [-0.1, -0.05) is 40.2 Å². The number of aliphatic hydroxyl groups is 2. The number of carbonyl (C=O) groups excluding carboxylic acids is 1. The van der Waals surface area contributed by atoms with Crippen LogP contribution in [0.15, 0.2) is 29.2 Å². The third kappa shape index (κ3) is 6.01. The Morgan fingerprint density at radius 1 is 1.07 bits per heavy atom. The second kappa shape index (κ2) is 12.3. The SMILES string of the molecule is CC[C@@H]1[C@@H]2[C@@H](F)[C@H](O)CC[C@]2(C)C2CC[C@@]3(C)C(CCC3[C@H](C)CCNC(=O)NS(=O)(=O)c3cccc(C(F)(F)F)c3)C2[C@@H]1O. The van der Waals surface area contributed by atoms with Crippen molar-refractivity contribution in [1.29, 1.82) is 0 Å². The average Bonchev–Trinajstić information content (AvgIpc) is 3.32. The molecule has 4 saturated carbocycles. The molecule has 0 aromatic heterocycles. The van der Waals surface area contributed by atoms with Crippen molar-refractivity contribution in [1.82, 2.24) is 10.0 Å². The standard InChI is InChI=1S/C33H48F4N2O5S/c1-5-21-27-28(34)25(40)12-15-32(27,4)24-11-14-31(3)22(9-10-23(31)26(24)29(21)41)18(2)13-16-38-30(42)39-45(43,44)20-8-6-7-19(17-20)33(35,36)37/h6-8,17-18,21-29,40-41H,5,9-16H2,1-4H3,(H2,38,39,42)/t18-,21-,22?,23?,24?,25-,26?,27-,28+,29-,31-,32-/m1/s1. The first kappa shape index (κ1) is 34.4. The molecule has 45 heavy (non-hydrogen) atoms. The van der Waals surface area contributed by atoms with E-state index in [9.17, 15) is 36.6 Å². The molecular weight excluding hydrogens is 612 g/mol. The van der Waals surface area contributed by atoms with Crippen LogP contribution >= 0.6 is 0 Å². The van der Waals surface area contributed by atoms with Gasteiger partial charge in [-0.05, 0) is 109 Å². The van der Waals surface area contributed by atoms with Gasteiger partial charge in [0, 0.05) is 12.5 Å².